The summed E-state index contributed by atoms with van der Waals surface area (Å²) in [5.74, 6) is 0.354. The fraction of sp³-hybridized carbons (Fsp3) is 0.478. The number of carbonyl (C=O) groups is 2. The average molecular weight is 501 g/mol. The van der Waals surface area contributed by atoms with Crippen molar-refractivity contribution in [1.82, 2.24) is 25.4 Å². The number of nitrogens with zero attached hydrogens (tertiary/aromatic N) is 6. The summed E-state index contributed by atoms with van der Waals surface area (Å²) in [6.45, 7) is 6.47. The van der Waals surface area contributed by atoms with Crippen molar-refractivity contribution >= 4 is 29.4 Å². The van der Waals surface area contributed by atoms with E-state index in [1.54, 1.807) is 32.9 Å². The maximum Gasteiger partial charge on any atom is 0.340 e. The molecule has 0 aliphatic carbocycles. The van der Waals surface area contributed by atoms with E-state index in [0.717, 1.165) is 10.4 Å². The lowest BCUT2D eigenvalue weighted by molar-refractivity contribution is -0.156. The van der Waals surface area contributed by atoms with Crippen molar-refractivity contribution in [1.29, 1.82) is 0 Å². The van der Waals surface area contributed by atoms with Gasteiger partial charge < -0.3 is 18.9 Å². The zero-order valence-electron chi connectivity index (χ0n) is 19.7. The maximum absolute atomic E-state index is 12.6. The third kappa shape index (κ3) is 4.86. The molecule has 0 bridgehead atoms. The van der Waals surface area contributed by atoms with Crippen LogP contribution in [0.15, 0.2) is 28.8 Å². The van der Waals surface area contributed by atoms with E-state index in [9.17, 15) is 9.59 Å². The third-order valence-corrected chi connectivity index (χ3v) is 6.30. The van der Waals surface area contributed by atoms with Crippen LogP contribution >= 0.6 is 11.6 Å². The Morgan fingerprint density at radius 3 is 2.77 bits per heavy atom. The van der Waals surface area contributed by atoms with Crippen molar-refractivity contribution in [2.45, 2.75) is 57.8 Å². The molecule has 1 spiro atoms. The lowest BCUT2D eigenvalue weighted by atomic mass is 9.81. The normalized spacial score (nSPS) is 17.3. The summed E-state index contributed by atoms with van der Waals surface area (Å²) in [6.07, 6.45) is 1.94. The van der Waals surface area contributed by atoms with Gasteiger partial charge in [0.1, 0.15) is 11.2 Å². The Morgan fingerprint density at radius 1 is 1.26 bits per heavy atom. The first-order chi connectivity index (χ1) is 16.6. The molecule has 1 aromatic carbocycles. The molecular formula is C23H25ClN6O5. The third-order valence-electron chi connectivity index (χ3n) is 5.99. The quantitative estimate of drug-likeness (QED) is 0.493. The van der Waals surface area contributed by atoms with Crippen LogP contribution in [0.4, 0.5) is 5.82 Å². The number of tetrazole rings is 1. The van der Waals surface area contributed by atoms with Gasteiger partial charge in [0.05, 0.1) is 10.6 Å². The minimum atomic E-state index is -0.597. The molecule has 1 saturated heterocycles. The zero-order valence-corrected chi connectivity index (χ0v) is 20.4. The van der Waals surface area contributed by atoms with E-state index in [1.807, 2.05) is 12.1 Å². The highest BCUT2D eigenvalue weighted by molar-refractivity contribution is 6.33. The van der Waals surface area contributed by atoms with Crippen LogP contribution < -0.4 is 4.90 Å². The molecule has 0 N–H and O–H groups in total. The van der Waals surface area contributed by atoms with E-state index in [0.29, 0.717) is 54.5 Å². The molecule has 2 aliphatic rings. The number of piperidine rings is 1. The maximum atomic E-state index is 12.6. The minimum absolute atomic E-state index is 0.160. The number of fused-ring (bicyclic) bond motifs is 1. The Labute approximate surface area is 206 Å². The number of ether oxygens (including phenoxy) is 2. The molecule has 3 aromatic rings. The topological polar surface area (TPSA) is 125 Å². The Hall–Kier alpha value is -3.47. The number of hydrogen-bond acceptors (Lipinski definition) is 10. The van der Waals surface area contributed by atoms with Crippen LogP contribution in [0, 0.1) is 0 Å². The highest BCUT2D eigenvalue weighted by Gasteiger charge is 2.43. The van der Waals surface area contributed by atoms with E-state index in [2.05, 4.69) is 25.5 Å². The van der Waals surface area contributed by atoms with Gasteiger partial charge in [-0.15, -0.1) is 10.2 Å². The van der Waals surface area contributed by atoms with Crippen LogP contribution in [0.2, 0.25) is 5.02 Å². The number of carbonyl (C=O) groups excluding carboxylic acids is 2. The van der Waals surface area contributed by atoms with E-state index >= 15 is 0 Å². The van der Waals surface area contributed by atoms with Crippen molar-refractivity contribution in [3.05, 3.63) is 40.4 Å². The lowest BCUT2D eigenvalue weighted by Gasteiger charge is -2.43. The Morgan fingerprint density at radius 2 is 2.03 bits per heavy atom. The lowest BCUT2D eigenvalue weighted by Crippen LogP contribution is -2.50. The number of hydrogen-bond donors (Lipinski definition) is 0. The van der Waals surface area contributed by atoms with Gasteiger partial charge in [0.15, 0.2) is 12.4 Å². The van der Waals surface area contributed by atoms with Crippen LogP contribution in [0.3, 0.4) is 0 Å². The fourth-order valence-corrected chi connectivity index (χ4v) is 4.69. The van der Waals surface area contributed by atoms with Crippen LogP contribution in [-0.4, -0.2) is 61.6 Å². The molecule has 0 unspecified atom stereocenters. The van der Waals surface area contributed by atoms with Crippen LogP contribution in [0.5, 0.6) is 0 Å². The van der Waals surface area contributed by atoms with Crippen LogP contribution in [-0.2, 0) is 27.2 Å². The molecular weight excluding hydrogens is 476 g/mol. The average Bonchev–Trinajstić information content (AvgIpc) is 3.42. The van der Waals surface area contributed by atoms with Gasteiger partial charge in [-0.2, -0.15) is 4.80 Å². The molecule has 35 heavy (non-hydrogen) atoms. The molecule has 184 valence electrons. The Balaban J connectivity index is 1.22. The summed E-state index contributed by atoms with van der Waals surface area (Å²) < 4.78 is 16.6. The van der Waals surface area contributed by atoms with Crippen molar-refractivity contribution in [2.24, 2.45) is 0 Å². The molecule has 0 saturated carbocycles. The fourth-order valence-electron chi connectivity index (χ4n) is 4.42. The van der Waals surface area contributed by atoms with Crippen molar-refractivity contribution in [3.63, 3.8) is 0 Å². The van der Waals surface area contributed by atoms with E-state index in [4.69, 9.17) is 25.6 Å². The molecule has 2 aromatic heterocycles. The first-order valence-electron chi connectivity index (χ1n) is 11.3. The number of halogens is 1. The SMILES string of the molecule is CC(C)(C)OC(=O)Cn1nnc(-c2cc(N3CCC4(CC3)Cc3cccc(Cl)c3C(=O)O4)no2)n1. The summed E-state index contributed by atoms with van der Waals surface area (Å²) in [5, 5.41) is 16.6. The number of benzene rings is 1. The molecule has 4 heterocycles. The smallest absolute Gasteiger partial charge is 0.340 e. The summed E-state index contributed by atoms with van der Waals surface area (Å²) in [5.41, 5.74) is 0.241. The molecule has 11 nitrogen and oxygen atoms in total. The zero-order chi connectivity index (χ0) is 24.8. The largest absolute Gasteiger partial charge is 0.459 e. The number of rotatable bonds is 4. The van der Waals surface area contributed by atoms with Crippen molar-refractivity contribution in [3.8, 4) is 11.6 Å². The van der Waals surface area contributed by atoms with Gasteiger partial charge >= 0.3 is 11.9 Å². The molecule has 0 amide bonds. The van der Waals surface area contributed by atoms with Gasteiger partial charge in [-0.3, -0.25) is 0 Å². The molecule has 5 rings (SSSR count). The first-order valence-corrected chi connectivity index (χ1v) is 11.7. The number of aromatic nitrogens is 5. The standard InChI is InChI=1S/C23H25ClN6O5/c1-22(2,3)33-18(31)13-30-26-20(25-28-30)16-11-17(27-35-16)29-9-7-23(8-10-29)12-14-5-4-6-15(24)19(14)21(32)34-23/h4-6,11H,7-10,12-13H2,1-3H3. The van der Waals surface area contributed by atoms with Crippen LogP contribution in [0.1, 0.15) is 49.5 Å². The van der Waals surface area contributed by atoms with Gasteiger partial charge in [-0.05, 0) is 37.6 Å². The Kier molecular flexibility index (Phi) is 5.74. The first kappa shape index (κ1) is 23.3. The second-order valence-corrected chi connectivity index (χ2v) is 10.2. The second-order valence-electron chi connectivity index (χ2n) is 9.79. The summed E-state index contributed by atoms with van der Waals surface area (Å²) in [6, 6.07) is 7.23. The number of esters is 2. The van der Waals surface area contributed by atoms with E-state index in [-0.39, 0.29) is 18.3 Å². The van der Waals surface area contributed by atoms with Gasteiger partial charge in [-0.1, -0.05) is 28.9 Å². The summed E-state index contributed by atoms with van der Waals surface area (Å²) >= 11 is 6.21. The van der Waals surface area contributed by atoms with Gasteiger partial charge in [0, 0.05) is 38.4 Å². The van der Waals surface area contributed by atoms with Crippen molar-refractivity contribution in [2.75, 3.05) is 18.0 Å². The molecule has 2 aliphatic heterocycles. The summed E-state index contributed by atoms with van der Waals surface area (Å²) in [7, 11) is 0. The highest BCUT2D eigenvalue weighted by Crippen LogP contribution is 2.39. The van der Waals surface area contributed by atoms with E-state index in [1.165, 1.54) is 0 Å². The number of anilines is 1. The second kappa shape index (κ2) is 8.63. The van der Waals surface area contributed by atoms with Gasteiger partial charge in [0.25, 0.3) is 0 Å². The minimum Gasteiger partial charge on any atom is -0.459 e. The van der Waals surface area contributed by atoms with E-state index < -0.39 is 17.2 Å². The van der Waals surface area contributed by atoms with Gasteiger partial charge in [-0.25, -0.2) is 9.59 Å². The molecule has 0 atom stereocenters. The van der Waals surface area contributed by atoms with Crippen LogP contribution in [0.25, 0.3) is 11.6 Å². The van der Waals surface area contributed by atoms with Crippen molar-refractivity contribution < 1.29 is 23.6 Å². The molecule has 0 radical (unpaired) electrons. The highest BCUT2D eigenvalue weighted by atomic mass is 35.5. The molecule has 1 fully saturated rings. The molecule has 12 heteroatoms. The Bertz CT molecular complexity index is 1270. The summed E-state index contributed by atoms with van der Waals surface area (Å²) in [4.78, 5) is 27.8. The monoisotopic (exact) mass is 500 g/mol. The van der Waals surface area contributed by atoms with Gasteiger partial charge in [0.2, 0.25) is 11.6 Å². The predicted octanol–water partition coefficient (Wildman–Crippen LogP) is 3.08. The predicted molar refractivity (Wildman–Crippen MR) is 124 cm³/mol.